The van der Waals surface area contributed by atoms with Gasteiger partial charge in [0.1, 0.15) is 11.9 Å². The molecule has 1 N–H and O–H groups in total. The van der Waals surface area contributed by atoms with Crippen molar-refractivity contribution in [2.24, 2.45) is 11.8 Å². The van der Waals surface area contributed by atoms with Crippen LogP contribution in [0.1, 0.15) is 67.6 Å². The first-order valence-corrected chi connectivity index (χ1v) is 12.5. The SMILES string of the molecule is CCOc1cc(-c2ncc(C3CCc4ccc(C(C5CC5)[C@H](C)C(=O)O)cc4O3)nc2C)c(F)cn1. The largest absolute Gasteiger partial charge is 0.484 e. The van der Waals surface area contributed by atoms with Crippen LogP contribution in [0.5, 0.6) is 11.6 Å². The Hall–Kier alpha value is -3.55. The number of aliphatic carboxylic acids is 1. The number of benzene rings is 1. The number of nitrogens with zero attached hydrogens (tertiary/aromatic N) is 3. The molecule has 2 unspecified atom stereocenters. The molecule has 0 bridgehead atoms. The minimum atomic E-state index is -0.770. The number of rotatable bonds is 8. The average molecular weight is 492 g/mol. The number of fused-ring (bicyclic) bond motifs is 1. The summed E-state index contributed by atoms with van der Waals surface area (Å²) in [5, 5.41) is 9.63. The molecular weight excluding hydrogens is 461 g/mol. The van der Waals surface area contributed by atoms with Gasteiger partial charge >= 0.3 is 5.97 Å². The zero-order chi connectivity index (χ0) is 25.4. The number of carboxylic acids is 1. The third-order valence-corrected chi connectivity index (χ3v) is 7.15. The van der Waals surface area contributed by atoms with E-state index in [1.165, 1.54) is 0 Å². The fraction of sp³-hybridized carbons (Fsp3) is 0.429. The normalized spacial score (nSPS) is 18.6. The monoisotopic (exact) mass is 491 g/mol. The van der Waals surface area contributed by atoms with Crippen LogP contribution in [0.15, 0.2) is 36.7 Å². The second-order valence-corrected chi connectivity index (χ2v) is 9.67. The number of aromatic nitrogens is 3. The van der Waals surface area contributed by atoms with E-state index in [0.29, 0.717) is 41.1 Å². The zero-order valence-electron chi connectivity index (χ0n) is 20.7. The van der Waals surface area contributed by atoms with Gasteiger partial charge in [0.2, 0.25) is 5.88 Å². The van der Waals surface area contributed by atoms with Crippen molar-refractivity contribution in [2.45, 2.75) is 58.5 Å². The smallest absolute Gasteiger partial charge is 0.306 e. The van der Waals surface area contributed by atoms with Gasteiger partial charge in [-0.05, 0) is 68.6 Å². The lowest BCUT2D eigenvalue weighted by Crippen LogP contribution is -2.22. The van der Waals surface area contributed by atoms with Crippen molar-refractivity contribution in [1.82, 2.24) is 15.0 Å². The quantitative estimate of drug-likeness (QED) is 0.434. The summed E-state index contributed by atoms with van der Waals surface area (Å²) in [6, 6.07) is 7.68. The van der Waals surface area contributed by atoms with Crippen LogP contribution in [0.3, 0.4) is 0 Å². The van der Waals surface area contributed by atoms with Crippen molar-refractivity contribution >= 4 is 5.97 Å². The molecule has 2 aromatic heterocycles. The molecule has 3 aromatic rings. The maximum Gasteiger partial charge on any atom is 0.306 e. The Morgan fingerprint density at radius 1 is 1.22 bits per heavy atom. The highest BCUT2D eigenvalue weighted by atomic mass is 19.1. The molecule has 3 heterocycles. The molecule has 1 aliphatic heterocycles. The number of hydrogen-bond donors (Lipinski definition) is 1. The third kappa shape index (κ3) is 4.76. The summed E-state index contributed by atoms with van der Waals surface area (Å²) in [7, 11) is 0. The summed E-state index contributed by atoms with van der Waals surface area (Å²) in [4.78, 5) is 24.9. The van der Waals surface area contributed by atoms with Crippen LogP contribution >= 0.6 is 0 Å². The van der Waals surface area contributed by atoms with Gasteiger partial charge in [0, 0.05) is 11.6 Å². The first kappa shape index (κ1) is 24.2. The first-order chi connectivity index (χ1) is 17.4. The molecule has 3 atom stereocenters. The molecule has 36 heavy (non-hydrogen) atoms. The van der Waals surface area contributed by atoms with E-state index in [9.17, 15) is 14.3 Å². The number of halogens is 1. The molecular formula is C28H30FN3O4. The Bertz CT molecular complexity index is 1290. The number of ether oxygens (including phenoxy) is 2. The molecule has 5 rings (SSSR count). The second-order valence-electron chi connectivity index (χ2n) is 9.67. The Balaban J connectivity index is 1.40. The van der Waals surface area contributed by atoms with Gasteiger partial charge in [-0.1, -0.05) is 19.1 Å². The topological polar surface area (TPSA) is 94.4 Å². The van der Waals surface area contributed by atoms with Crippen molar-refractivity contribution in [1.29, 1.82) is 0 Å². The molecule has 1 aliphatic carbocycles. The minimum Gasteiger partial charge on any atom is -0.484 e. The van der Waals surface area contributed by atoms with Crippen LogP contribution < -0.4 is 9.47 Å². The van der Waals surface area contributed by atoms with Crippen LogP contribution in [-0.2, 0) is 11.2 Å². The number of aryl methyl sites for hydroxylation is 2. The first-order valence-electron chi connectivity index (χ1n) is 12.5. The summed E-state index contributed by atoms with van der Waals surface area (Å²) in [5.41, 5.74) is 4.13. The molecule has 0 spiro atoms. The van der Waals surface area contributed by atoms with E-state index < -0.39 is 17.7 Å². The molecule has 1 fully saturated rings. The van der Waals surface area contributed by atoms with E-state index >= 15 is 0 Å². The van der Waals surface area contributed by atoms with Crippen molar-refractivity contribution in [2.75, 3.05) is 6.61 Å². The highest BCUT2D eigenvalue weighted by molar-refractivity contribution is 5.71. The van der Waals surface area contributed by atoms with Crippen molar-refractivity contribution in [3.05, 3.63) is 65.0 Å². The molecule has 1 saturated carbocycles. The average Bonchev–Trinajstić information content (AvgIpc) is 3.70. The van der Waals surface area contributed by atoms with Gasteiger partial charge in [0.25, 0.3) is 0 Å². The van der Waals surface area contributed by atoms with Crippen molar-refractivity contribution in [3.8, 4) is 22.9 Å². The van der Waals surface area contributed by atoms with E-state index in [-0.39, 0.29) is 12.0 Å². The highest BCUT2D eigenvalue weighted by Crippen LogP contribution is 2.48. The summed E-state index contributed by atoms with van der Waals surface area (Å²) in [5.74, 6) is -0.205. The number of carboxylic acid groups (broad SMARTS) is 1. The predicted molar refractivity (Wildman–Crippen MR) is 132 cm³/mol. The van der Waals surface area contributed by atoms with Crippen LogP contribution in [0.4, 0.5) is 4.39 Å². The fourth-order valence-electron chi connectivity index (χ4n) is 5.13. The highest BCUT2D eigenvalue weighted by Gasteiger charge is 2.39. The molecule has 188 valence electrons. The Labute approximate surface area is 209 Å². The Kier molecular flexibility index (Phi) is 6.60. The minimum absolute atomic E-state index is 0.0186. The van der Waals surface area contributed by atoms with Crippen LogP contribution in [0.25, 0.3) is 11.3 Å². The zero-order valence-corrected chi connectivity index (χ0v) is 20.7. The number of hydrogen-bond acceptors (Lipinski definition) is 6. The second kappa shape index (κ2) is 9.84. The summed E-state index contributed by atoms with van der Waals surface area (Å²) >= 11 is 0. The van der Waals surface area contributed by atoms with Gasteiger partial charge in [0.15, 0.2) is 5.82 Å². The molecule has 0 saturated heterocycles. The van der Waals surface area contributed by atoms with E-state index in [1.54, 1.807) is 26.1 Å². The van der Waals surface area contributed by atoms with E-state index in [1.807, 2.05) is 13.0 Å². The molecule has 0 amide bonds. The summed E-state index contributed by atoms with van der Waals surface area (Å²) in [6.07, 6.45) is 6.18. The number of carbonyl (C=O) groups is 1. The van der Waals surface area contributed by atoms with Crippen LogP contribution in [-0.4, -0.2) is 32.6 Å². The van der Waals surface area contributed by atoms with Gasteiger partial charge in [-0.3, -0.25) is 14.8 Å². The fourth-order valence-corrected chi connectivity index (χ4v) is 5.13. The van der Waals surface area contributed by atoms with Gasteiger partial charge in [-0.15, -0.1) is 0 Å². The molecule has 2 aliphatic rings. The predicted octanol–water partition coefficient (Wildman–Crippen LogP) is 5.67. The lowest BCUT2D eigenvalue weighted by molar-refractivity contribution is -0.142. The number of pyridine rings is 1. The lowest BCUT2D eigenvalue weighted by atomic mass is 9.82. The third-order valence-electron chi connectivity index (χ3n) is 7.15. The van der Waals surface area contributed by atoms with Gasteiger partial charge in [-0.2, -0.15) is 0 Å². The Morgan fingerprint density at radius 3 is 2.72 bits per heavy atom. The van der Waals surface area contributed by atoms with Crippen molar-refractivity contribution in [3.63, 3.8) is 0 Å². The van der Waals surface area contributed by atoms with E-state index in [0.717, 1.165) is 48.8 Å². The standard InChI is InChI=1S/C28H30FN3O4/c1-4-35-25-12-20(21(29)13-30-25)27-16(3)32-22(14-31-27)23-10-9-17-5-8-19(11-24(17)36-23)26(18-6-7-18)15(2)28(33)34/h5,8,11-15,18,23,26H,4,6-7,9-10H2,1-3H3,(H,33,34)/t15-,23?,26?/m0/s1. The molecule has 1 aromatic carbocycles. The molecule has 8 heteroatoms. The van der Waals surface area contributed by atoms with Crippen molar-refractivity contribution < 1.29 is 23.8 Å². The van der Waals surface area contributed by atoms with Gasteiger partial charge < -0.3 is 14.6 Å². The summed E-state index contributed by atoms with van der Waals surface area (Å²) < 4.78 is 26.3. The molecule has 0 radical (unpaired) electrons. The van der Waals surface area contributed by atoms with Crippen LogP contribution in [0.2, 0.25) is 0 Å². The molecule has 7 nitrogen and oxygen atoms in total. The lowest BCUT2D eigenvalue weighted by Gasteiger charge is -2.28. The maximum absolute atomic E-state index is 14.5. The van der Waals surface area contributed by atoms with E-state index in [4.69, 9.17) is 14.5 Å². The van der Waals surface area contributed by atoms with E-state index in [2.05, 4.69) is 22.1 Å². The van der Waals surface area contributed by atoms with Gasteiger partial charge in [0.05, 0.1) is 42.0 Å². The maximum atomic E-state index is 14.5. The summed E-state index contributed by atoms with van der Waals surface area (Å²) in [6.45, 7) is 5.86. The van der Waals surface area contributed by atoms with Gasteiger partial charge in [-0.25, -0.2) is 9.37 Å². The Morgan fingerprint density at radius 2 is 2.03 bits per heavy atom. The van der Waals surface area contributed by atoms with Crippen LogP contribution in [0, 0.1) is 24.6 Å².